The van der Waals surface area contributed by atoms with Gasteiger partial charge in [0.2, 0.25) is 5.95 Å². The van der Waals surface area contributed by atoms with Crippen molar-refractivity contribution in [2.75, 3.05) is 36.9 Å². The van der Waals surface area contributed by atoms with Crippen LogP contribution in [0.1, 0.15) is 12.8 Å². The van der Waals surface area contributed by atoms with Gasteiger partial charge < -0.3 is 20.5 Å². The molecule has 0 bridgehead atoms. The largest absolute Gasteiger partial charge is 0.395 e. The van der Waals surface area contributed by atoms with Crippen molar-refractivity contribution in [1.29, 1.82) is 0 Å². The fourth-order valence-electron chi connectivity index (χ4n) is 2.47. The van der Waals surface area contributed by atoms with Crippen LogP contribution in [0.4, 0.5) is 11.8 Å². The molecule has 2 aromatic rings. The van der Waals surface area contributed by atoms with Crippen molar-refractivity contribution < 1.29 is 9.84 Å². The summed E-state index contributed by atoms with van der Waals surface area (Å²) in [5, 5.41) is 16.3. The Kier molecular flexibility index (Phi) is 6.18. The molecule has 1 unspecified atom stereocenters. The molecular weight excluding hydrogens is 304 g/mol. The lowest BCUT2D eigenvalue weighted by molar-refractivity contribution is 0.120. The molecule has 0 amide bonds. The molecule has 22 heavy (non-hydrogen) atoms. The zero-order valence-corrected chi connectivity index (χ0v) is 13.1. The lowest BCUT2D eigenvalue weighted by Gasteiger charge is -2.14. The quantitative estimate of drug-likeness (QED) is 0.754. The summed E-state index contributed by atoms with van der Waals surface area (Å²) in [6.45, 7) is 2.08. The number of nitrogens with one attached hydrogen (secondary N) is 2. The van der Waals surface area contributed by atoms with E-state index in [2.05, 4.69) is 20.6 Å². The highest BCUT2D eigenvalue weighted by Crippen LogP contribution is 2.22. The fourth-order valence-corrected chi connectivity index (χ4v) is 2.47. The molecule has 3 N–H and O–H groups in total. The Balaban J connectivity index is 0.00000176. The normalized spacial score (nSPS) is 17.2. The van der Waals surface area contributed by atoms with E-state index in [9.17, 15) is 0 Å². The molecule has 120 valence electrons. The van der Waals surface area contributed by atoms with Crippen LogP contribution in [0, 0.1) is 0 Å². The van der Waals surface area contributed by atoms with Crippen molar-refractivity contribution >= 4 is 35.1 Å². The van der Waals surface area contributed by atoms with Crippen molar-refractivity contribution in [3.8, 4) is 0 Å². The number of aliphatic hydroxyl groups excluding tert-OH is 1. The number of aromatic nitrogens is 2. The van der Waals surface area contributed by atoms with E-state index in [0.29, 0.717) is 12.5 Å². The monoisotopic (exact) mass is 324 g/mol. The topological polar surface area (TPSA) is 79.3 Å². The number of halogens is 1. The van der Waals surface area contributed by atoms with E-state index in [1.807, 2.05) is 24.3 Å². The zero-order chi connectivity index (χ0) is 14.5. The minimum absolute atomic E-state index is 0. The molecule has 1 atom stereocenters. The average molecular weight is 325 g/mol. The maximum atomic E-state index is 8.91. The molecule has 0 radical (unpaired) electrons. The summed E-state index contributed by atoms with van der Waals surface area (Å²) in [6, 6.07) is 7.89. The van der Waals surface area contributed by atoms with Gasteiger partial charge in [-0.3, -0.25) is 0 Å². The molecule has 0 saturated carbocycles. The Morgan fingerprint density at radius 2 is 2.09 bits per heavy atom. The van der Waals surface area contributed by atoms with E-state index in [1.54, 1.807) is 0 Å². The van der Waals surface area contributed by atoms with Crippen LogP contribution in [-0.4, -0.2) is 47.5 Å². The average Bonchev–Trinajstić information content (AvgIpc) is 3.04. The first-order valence-electron chi connectivity index (χ1n) is 7.34. The van der Waals surface area contributed by atoms with Gasteiger partial charge >= 0.3 is 0 Å². The number of aliphatic hydroxyl groups is 1. The highest BCUT2D eigenvalue weighted by Gasteiger charge is 2.16. The highest BCUT2D eigenvalue weighted by molar-refractivity contribution is 5.90. The molecule has 3 rings (SSSR count). The second kappa shape index (κ2) is 8.12. The van der Waals surface area contributed by atoms with Gasteiger partial charge in [0.15, 0.2) is 0 Å². The zero-order valence-electron chi connectivity index (χ0n) is 12.3. The Bertz CT molecular complexity index is 605. The molecule has 1 aliphatic rings. The Morgan fingerprint density at radius 3 is 2.86 bits per heavy atom. The number of ether oxygens (including phenoxy) is 1. The lowest BCUT2D eigenvalue weighted by Crippen LogP contribution is -2.19. The van der Waals surface area contributed by atoms with Crippen LogP contribution in [0.2, 0.25) is 0 Å². The molecule has 0 aliphatic carbocycles. The predicted molar refractivity (Wildman–Crippen MR) is 89.8 cm³/mol. The molecule has 1 aromatic carbocycles. The van der Waals surface area contributed by atoms with Gasteiger partial charge in [0.25, 0.3) is 0 Å². The number of fused-ring (bicyclic) bond motifs is 1. The van der Waals surface area contributed by atoms with Crippen LogP contribution in [0.15, 0.2) is 24.3 Å². The SMILES string of the molecule is Cl.OCCNc1nc(NCC2CCCO2)c2ccccc2n1. The summed E-state index contributed by atoms with van der Waals surface area (Å²) >= 11 is 0. The molecular formula is C15H21ClN4O2. The number of para-hydroxylation sites is 1. The molecule has 1 saturated heterocycles. The second-order valence-corrected chi connectivity index (χ2v) is 5.08. The van der Waals surface area contributed by atoms with Gasteiger partial charge in [-0.25, -0.2) is 4.98 Å². The van der Waals surface area contributed by atoms with Crippen LogP contribution in [-0.2, 0) is 4.74 Å². The first-order chi connectivity index (χ1) is 10.4. The van der Waals surface area contributed by atoms with Gasteiger partial charge in [-0.15, -0.1) is 12.4 Å². The third kappa shape index (κ3) is 3.97. The van der Waals surface area contributed by atoms with Gasteiger partial charge in [0.05, 0.1) is 18.2 Å². The maximum absolute atomic E-state index is 8.91. The summed E-state index contributed by atoms with van der Waals surface area (Å²) in [7, 11) is 0. The lowest BCUT2D eigenvalue weighted by atomic mass is 10.2. The first-order valence-corrected chi connectivity index (χ1v) is 7.34. The van der Waals surface area contributed by atoms with E-state index in [4.69, 9.17) is 9.84 Å². The minimum Gasteiger partial charge on any atom is -0.395 e. The fraction of sp³-hybridized carbons (Fsp3) is 0.467. The standard InChI is InChI=1S/C15H20N4O2.ClH/c20-8-7-16-15-18-13-6-2-1-5-12(13)14(19-15)17-10-11-4-3-9-21-11;/h1-2,5-6,11,20H,3-4,7-10H2,(H2,16,17,18,19);1H. The Hall–Kier alpha value is -1.63. The smallest absolute Gasteiger partial charge is 0.225 e. The number of anilines is 2. The van der Waals surface area contributed by atoms with E-state index in [0.717, 1.165) is 42.7 Å². The molecule has 6 nitrogen and oxygen atoms in total. The van der Waals surface area contributed by atoms with E-state index < -0.39 is 0 Å². The van der Waals surface area contributed by atoms with E-state index >= 15 is 0 Å². The summed E-state index contributed by atoms with van der Waals surface area (Å²) in [4.78, 5) is 8.95. The van der Waals surface area contributed by atoms with Crippen LogP contribution < -0.4 is 10.6 Å². The third-order valence-electron chi connectivity index (χ3n) is 3.52. The van der Waals surface area contributed by atoms with Crippen molar-refractivity contribution in [3.63, 3.8) is 0 Å². The van der Waals surface area contributed by atoms with Gasteiger partial charge in [0, 0.05) is 25.1 Å². The van der Waals surface area contributed by atoms with Crippen molar-refractivity contribution in [2.24, 2.45) is 0 Å². The third-order valence-corrected chi connectivity index (χ3v) is 3.52. The molecule has 2 heterocycles. The predicted octanol–water partition coefficient (Wildman–Crippen LogP) is 2.05. The van der Waals surface area contributed by atoms with Crippen LogP contribution in [0.3, 0.4) is 0 Å². The second-order valence-electron chi connectivity index (χ2n) is 5.08. The molecule has 0 spiro atoms. The number of hydrogen-bond donors (Lipinski definition) is 3. The molecule has 1 fully saturated rings. The van der Waals surface area contributed by atoms with E-state index in [1.165, 1.54) is 0 Å². The molecule has 1 aromatic heterocycles. The summed E-state index contributed by atoms with van der Waals surface area (Å²) in [6.07, 6.45) is 2.47. The maximum Gasteiger partial charge on any atom is 0.225 e. The number of benzene rings is 1. The summed E-state index contributed by atoms with van der Waals surface area (Å²) < 4.78 is 5.63. The van der Waals surface area contributed by atoms with Crippen molar-refractivity contribution in [1.82, 2.24) is 9.97 Å². The Morgan fingerprint density at radius 1 is 1.23 bits per heavy atom. The van der Waals surface area contributed by atoms with Crippen LogP contribution >= 0.6 is 12.4 Å². The number of rotatable bonds is 6. The van der Waals surface area contributed by atoms with Gasteiger partial charge in [-0.2, -0.15) is 4.98 Å². The van der Waals surface area contributed by atoms with Gasteiger partial charge in [-0.1, -0.05) is 12.1 Å². The van der Waals surface area contributed by atoms with E-state index in [-0.39, 0.29) is 25.1 Å². The van der Waals surface area contributed by atoms with Gasteiger partial charge in [0.1, 0.15) is 5.82 Å². The van der Waals surface area contributed by atoms with Crippen molar-refractivity contribution in [2.45, 2.75) is 18.9 Å². The first kappa shape index (κ1) is 16.7. The van der Waals surface area contributed by atoms with Crippen LogP contribution in [0.25, 0.3) is 10.9 Å². The molecule has 7 heteroatoms. The summed E-state index contributed by atoms with van der Waals surface area (Å²) in [5.41, 5.74) is 0.878. The van der Waals surface area contributed by atoms with Gasteiger partial charge in [-0.05, 0) is 25.0 Å². The Labute approximate surface area is 135 Å². The van der Waals surface area contributed by atoms with Crippen molar-refractivity contribution in [3.05, 3.63) is 24.3 Å². The number of hydrogen-bond acceptors (Lipinski definition) is 6. The minimum atomic E-state index is 0. The molecule has 1 aliphatic heterocycles. The van der Waals surface area contributed by atoms with Crippen LogP contribution in [0.5, 0.6) is 0 Å². The number of nitrogens with zero attached hydrogens (tertiary/aromatic N) is 2. The summed E-state index contributed by atoms with van der Waals surface area (Å²) in [5.74, 6) is 1.33. The highest BCUT2D eigenvalue weighted by atomic mass is 35.5.